The molecule has 0 radical (unpaired) electrons. The highest BCUT2D eigenvalue weighted by Gasteiger charge is 2.10. The smallest absolute Gasteiger partial charge is 0.259 e. The Hall–Kier alpha value is -2.56. The van der Waals surface area contributed by atoms with E-state index in [2.05, 4.69) is 29.0 Å². The van der Waals surface area contributed by atoms with Gasteiger partial charge in [0.05, 0.1) is 5.56 Å². The lowest BCUT2D eigenvalue weighted by molar-refractivity contribution is 0.102. The van der Waals surface area contributed by atoms with E-state index >= 15 is 0 Å². The molecule has 0 saturated heterocycles. The number of amides is 1. The van der Waals surface area contributed by atoms with Crippen molar-refractivity contribution < 1.29 is 4.79 Å². The van der Waals surface area contributed by atoms with E-state index in [4.69, 9.17) is 5.73 Å². The molecule has 0 aliphatic heterocycles. The number of nitrogens with one attached hydrogen (secondary N) is 1. The molecule has 0 spiro atoms. The summed E-state index contributed by atoms with van der Waals surface area (Å²) in [6, 6.07) is 9.37. The molecule has 0 aliphatic carbocycles. The molecular formula is C16H20N4O. The zero-order valence-corrected chi connectivity index (χ0v) is 12.3. The lowest BCUT2D eigenvalue weighted by Crippen LogP contribution is -2.21. The number of aromatic nitrogens is 1. The fraction of sp³-hybridized carbons (Fsp3) is 0.250. The first-order valence-electron chi connectivity index (χ1n) is 7.01. The van der Waals surface area contributed by atoms with Crippen LogP contribution in [0.25, 0.3) is 0 Å². The fourth-order valence-corrected chi connectivity index (χ4v) is 2.14. The standard InChI is InChI=1S/C16H20N4O/c1-3-20(4-2)13-7-5-12(6-8-13)19-16(21)14-11-18-10-9-15(14)17/h5-11H,3-4H2,1-2H3,(H2,17,18)(H,19,21). The normalized spacial score (nSPS) is 10.2. The molecule has 0 saturated carbocycles. The van der Waals surface area contributed by atoms with Crippen molar-refractivity contribution in [2.24, 2.45) is 0 Å². The number of pyridine rings is 1. The Morgan fingerprint density at radius 3 is 2.43 bits per heavy atom. The Kier molecular flexibility index (Phi) is 4.77. The van der Waals surface area contributed by atoms with Gasteiger partial charge in [-0.05, 0) is 44.2 Å². The van der Waals surface area contributed by atoms with E-state index in [1.807, 2.05) is 24.3 Å². The van der Waals surface area contributed by atoms with Crippen LogP contribution in [-0.2, 0) is 0 Å². The van der Waals surface area contributed by atoms with Crippen molar-refractivity contribution in [3.05, 3.63) is 48.3 Å². The highest BCUT2D eigenvalue weighted by molar-refractivity contribution is 6.07. The van der Waals surface area contributed by atoms with Gasteiger partial charge in [-0.1, -0.05) is 0 Å². The summed E-state index contributed by atoms with van der Waals surface area (Å²) in [5.41, 5.74) is 8.44. The van der Waals surface area contributed by atoms with Crippen LogP contribution >= 0.6 is 0 Å². The Bertz CT molecular complexity index is 606. The highest BCUT2D eigenvalue weighted by Crippen LogP contribution is 2.19. The van der Waals surface area contributed by atoms with E-state index in [1.165, 1.54) is 6.20 Å². The van der Waals surface area contributed by atoms with Crippen molar-refractivity contribution in [3.8, 4) is 0 Å². The number of nitrogens with two attached hydrogens (primary N) is 1. The van der Waals surface area contributed by atoms with Gasteiger partial charge in [0.1, 0.15) is 0 Å². The fourth-order valence-electron chi connectivity index (χ4n) is 2.14. The van der Waals surface area contributed by atoms with Gasteiger partial charge in [0.25, 0.3) is 5.91 Å². The van der Waals surface area contributed by atoms with Gasteiger partial charge >= 0.3 is 0 Å². The Morgan fingerprint density at radius 2 is 1.86 bits per heavy atom. The first kappa shape index (κ1) is 14.8. The van der Waals surface area contributed by atoms with E-state index < -0.39 is 0 Å². The van der Waals surface area contributed by atoms with E-state index in [1.54, 1.807) is 12.3 Å². The quantitative estimate of drug-likeness (QED) is 0.885. The second-order valence-electron chi connectivity index (χ2n) is 4.64. The second-order valence-corrected chi connectivity index (χ2v) is 4.64. The molecule has 0 bridgehead atoms. The molecule has 0 fully saturated rings. The monoisotopic (exact) mass is 284 g/mol. The second kappa shape index (κ2) is 6.74. The number of carbonyl (C=O) groups excluding carboxylic acids is 1. The van der Waals surface area contributed by atoms with E-state index in [0.717, 1.165) is 24.5 Å². The highest BCUT2D eigenvalue weighted by atomic mass is 16.1. The van der Waals surface area contributed by atoms with Crippen LogP contribution in [0.4, 0.5) is 17.1 Å². The molecule has 1 heterocycles. The Morgan fingerprint density at radius 1 is 1.19 bits per heavy atom. The van der Waals surface area contributed by atoms with Crippen LogP contribution in [0.5, 0.6) is 0 Å². The number of anilines is 3. The minimum absolute atomic E-state index is 0.254. The zero-order chi connectivity index (χ0) is 15.2. The van der Waals surface area contributed by atoms with Crippen molar-refractivity contribution in [2.45, 2.75) is 13.8 Å². The van der Waals surface area contributed by atoms with E-state index in [0.29, 0.717) is 11.3 Å². The van der Waals surface area contributed by atoms with E-state index in [-0.39, 0.29) is 5.91 Å². The SMILES string of the molecule is CCN(CC)c1ccc(NC(=O)c2cnccc2N)cc1. The number of nitrogens with zero attached hydrogens (tertiary/aromatic N) is 2. The summed E-state index contributed by atoms with van der Waals surface area (Å²) in [5, 5.41) is 2.82. The van der Waals surface area contributed by atoms with Crippen LogP contribution in [0.1, 0.15) is 24.2 Å². The van der Waals surface area contributed by atoms with Crippen LogP contribution in [0, 0.1) is 0 Å². The first-order valence-corrected chi connectivity index (χ1v) is 7.01. The average molecular weight is 284 g/mol. The van der Waals surface area contributed by atoms with Crippen LogP contribution in [0.15, 0.2) is 42.7 Å². The molecule has 1 aromatic carbocycles. The molecule has 5 heteroatoms. The molecule has 1 amide bonds. The third-order valence-corrected chi connectivity index (χ3v) is 3.35. The molecule has 21 heavy (non-hydrogen) atoms. The summed E-state index contributed by atoms with van der Waals surface area (Å²) in [7, 11) is 0. The molecule has 2 aromatic rings. The van der Waals surface area contributed by atoms with Gasteiger partial charge in [0.2, 0.25) is 0 Å². The molecule has 5 nitrogen and oxygen atoms in total. The lowest BCUT2D eigenvalue weighted by Gasteiger charge is -2.21. The topological polar surface area (TPSA) is 71.2 Å². The van der Waals surface area contributed by atoms with Crippen molar-refractivity contribution in [1.82, 2.24) is 4.98 Å². The number of benzene rings is 1. The predicted molar refractivity (Wildman–Crippen MR) is 86.6 cm³/mol. The Labute approximate surface area is 124 Å². The van der Waals surface area contributed by atoms with Crippen molar-refractivity contribution >= 4 is 23.0 Å². The van der Waals surface area contributed by atoms with Gasteiger partial charge in [-0.15, -0.1) is 0 Å². The van der Waals surface area contributed by atoms with E-state index in [9.17, 15) is 4.79 Å². The molecule has 0 unspecified atom stereocenters. The number of rotatable bonds is 5. The van der Waals surface area contributed by atoms with Crippen molar-refractivity contribution in [2.75, 3.05) is 29.0 Å². The van der Waals surface area contributed by atoms with Crippen LogP contribution in [-0.4, -0.2) is 24.0 Å². The van der Waals surface area contributed by atoms with Crippen molar-refractivity contribution in [1.29, 1.82) is 0 Å². The maximum atomic E-state index is 12.1. The Balaban J connectivity index is 2.10. The van der Waals surface area contributed by atoms with Crippen LogP contribution in [0.3, 0.4) is 0 Å². The maximum absolute atomic E-state index is 12.1. The minimum Gasteiger partial charge on any atom is -0.398 e. The molecule has 3 N–H and O–H groups in total. The molecule has 0 aliphatic rings. The van der Waals surface area contributed by atoms with Gasteiger partial charge < -0.3 is 16.0 Å². The third kappa shape index (κ3) is 3.51. The average Bonchev–Trinajstić information content (AvgIpc) is 2.50. The van der Waals surface area contributed by atoms with Gasteiger partial charge in [-0.2, -0.15) is 0 Å². The summed E-state index contributed by atoms with van der Waals surface area (Å²) in [4.78, 5) is 18.3. The molecule has 0 atom stereocenters. The van der Waals surface area contributed by atoms with Gasteiger partial charge in [0, 0.05) is 42.5 Å². The number of carbonyl (C=O) groups is 1. The zero-order valence-electron chi connectivity index (χ0n) is 12.3. The largest absolute Gasteiger partial charge is 0.398 e. The lowest BCUT2D eigenvalue weighted by atomic mass is 10.2. The summed E-state index contributed by atoms with van der Waals surface area (Å²) >= 11 is 0. The van der Waals surface area contributed by atoms with Crippen LogP contribution in [0.2, 0.25) is 0 Å². The first-order chi connectivity index (χ1) is 10.2. The number of nitrogen functional groups attached to an aromatic ring is 1. The summed E-state index contributed by atoms with van der Waals surface area (Å²) < 4.78 is 0. The molecule has 2 rings (SSSR count). The van der Waals surface area contributed by atoms with Gasteiger partial charge in [-0.3, -0.25) is 9.78 Å². The van der Waals surface area contributed by atoms with Gasteiger partial charge in [0.15, 0.2) is 0 Å². The third-order valence-electron chi connectivity index (χ3n) is 3.35. The number of hydrogen-bond acceptors (Lipinski definition) is 4. The maximum Gasteiger partial charge on any atom is 0.259 e. The van der Waals surface area contributed by atoms with Gasteiger partial charge in [-0.25, -0.2) is 0 Å². The van der Waals surface area contributed by atoms with Crippen molar-refractivity contribution in [3.63, 3.8) is 0 Å². The summed E-state index contributed by atoms with van der Waals surface area (Å²) in [6.07, 6.45) is 3.03. The predicted octanol–water partition coefficient (Wildman–Crippen LogP) is 2.76. The molecule has 110 valence electrons. The molecular weight excluding hydrogens is 264 g/mol. The summed E-state index contributed by atoms with van der Waals surface area (Å²) in [5.74, 6) is -0.254. The minimum atomic E-state index is -0.254. The molecule has 1 aromatic heterocycles. The summed E-state index contributed by atoms with van der Waals surface area (Å²) in [6.45, 7) is 6.14. The van der Waals surface area contributed by atoms with Crippen LogP contribution < -0.4 is 16.0 Å². The number of hydrogen-bond donors (Lipinski definition) is 2.